The molecule has 0 aliphatic heterocycles. The lowest BCUT2D eigenvalue weighted by Gasteiger charge is -2.13. The molecule has 0 radical (unpaired) electrons. The topological polar surface area (TPSA) is 71.8 Å². The summed E-state index contributed by atoms with van der Waals surface area (Å²) < 4.78 is 1.66. The molecular weight excluding hydrogens is 358 g/mol. The average molecular weight is 382 g/mol. The van der Waals surface area contributed by atoms with Gasteiger partial charge in [0.25, 0.3) is 0 Å². The van der Waals surface area contributed by atoms with Crippen LogP contribution in [0.25, 0.3) is 11.1 Å². The zero-order valence-electron chi connectivity index (χ0n) is 15.8. The van der Waals surface area contributed by atoms with Crippen LogP contribution >= 0.6 is 12.6 Å². The molecule has 0 unspecified atom stereocenters. The Labute approximate surface area is 164 Å². The van der Waals surface area contributed by atoms with E-state index >= 15 is 0 Å². The molecule has 0 aliphatic rings. The highest BCUT2D eigenvalue weighted by atomic mass is 32.1. The molecule has 0 saturated heterocycles. The largest absolute Gasteiger partial charge is 0.324 e. The minimum Gasteiger partial charge on any atom is -0.307 e. The summed E-state index contributed by atoms with van der Waals surface area (Å²) in [7, 11) is 1.80. The number of aryl methyl sites for hydroxylation is 1. The quantitative estimate of drug-likeness (QED) is 0.575. The highest BCUT2D eigenvalue weighted by molar-refractivity contribution is 7.80. The molecule has 2 amide bonds. The van der Waals surface area contributed by atoms with E-state index in [1.165, 1.54) is 0 Å². The van der Waals surface area contributed by atoms with Crippen molar-refractivity contribution in [3.05, 3.63) is 54.5 Å². The fourth-order valence-electron chi connectivity index (χ4n) is 2.58. The van der Waals surface area contributed by atoms with Crippen LogP contribution in [0.4, 0.5) is 16.3 Å². The van der Waals surface area contributed by atoms with Gasteiger partial charge in [-0.05, 0) is 35.4 Å². The SMILES string of the molecule is Cn1nc(C(C)(C)C)cc1NC(=O)Nc1ccc(-c2ccncc2)cc1S. The van der Waals surface area contributed by atoms with Gasteiger partial charge in [0.2, 0.25) is 0 Å². The van der Waals surface area contributed by atoms with Gasteiger partial charge in [0, 0.05) is 35.8 Å². The molecule has 140 valence electrons. The second-order valence-corrected chi connectivity index (χ2v) is 7.82. The second kappa shape index (κ2) is 7.44. The van der Waals surface area contributed by atoms with Gasteiger partial charge >= 0.3 is 6.03 Å². The molecule has 2 N–H and O–H groups in total. The Balaban J connectivity index is 1.72. The predicted octanol–water partition coefficient (Wildman–Crippen LogP) is 4.71. The van der Waals surface area contributed by atoms with Crippen molar-refractivity contribution in [2.75, 3.05) is 10.6 Å². The normalized spacial score (nSPS) is 11.3. The van der Waals surface area contributed by atoms with Crippen molar-refractivity contribution in [1.29, 1.82) is 0 Å². The van der Waals surface area contributed by atoms with Crippen LogP contribution in [0.1, 0.15) is 26.5 Å². The van der Waals surface area contributed by atoms with Crippen molar-refractivity contribution < 1.29 is 4.79 Å². The van der Waals surface area contributed by atoms with Crippen molar-refractivity contribution >= 4 is 30.2 Å². The molecule has 0 bridgehead atoms. The van der Waals surface area contributed by atoms with Crippen LogP contribution < -0.4 is 10.6 Å². The first-order chi connectivity index (χ1) is 12.7. The zero-order valence-corrected chi connectivity index (χ0v) is 16.7. The van der Waals surface area contributed by atoms with Crippen LogP contribution in [0.5, 0.6) is 0 Å². The number of carbonyl (C=O) groups excluding carboxylic acids is 1. The Hall–Kier alpha value is -2.80. The monoisotopic (exact) mass is 381 g/mol. The molecular formula is C20H23N5OS. The Bertz CT molecular complexity index is 960. The minimum absolute atomic E-state index is 0.0881. The molecule has 3 aromatic rings. The van der Waals surface area contributed by atoms with E-state index in [0.717, 1.165) is 16.8 Å². The summed E-state index contributed by atoms with van der Waals surface area (Å²) in [6.45, 7) is 6.24. The summed E-state index contributed by atoms with van der Waals surface area (Å²) in [6.07, 6.45) is 3.49. The molecule has 0 spiro atoms. The molecule has 7 heteroatoms. The van der Waals surface area contributed by atoms with Gasteiger partial charge in [0.1, 0.15) is 5.82 Å². The Morgan fingerprint density at radius 3 is 2.33 bits per heavy atom. The number of hydrogen-bond acceptors (Lipinski definition) is 4. The number of aromatic nitrogens is 3. The van der Waals surface area contributed by atoms with Gasteiger partial charge in [-0.1, -0.05) is 26.8 Å². The fraction of sp³-hybridized carbons (Fsp3) is 0.250. The number of anilines is 2. The maximum Gasteiger partial charge on any atom is 0.324 e. The molecule has 1 aromatic carbocycles. The second-order valence-electron chi connectivity index (χ2n) is 7.34. The lowest BCUT2D eigenvalue weighted by molar-refractivity contribution is 0.262. The number of carbonyl (C=O) groups is 1. The van der Waals surface area contributed by atoms with Gasteiger partial charge in [0.15, 0.2) is 0 Å². The predicted molar refractivity (Wildman–Crippen MR) is 111 cm³/mol. The maximum absolute atomic E-state index is 12.4. The van der Waals surface area contributed by atoms with Crippen LogP contribution in [0.3, 0.4) is 0 Å². The third-order valence-electron chi connectivity index (χ3n) is 4.15. The fourth-order valence-corrected chi connectivity index (χ4v) is 2.85. The minimum atomic E-state index is -0.342. The summed E-state index contributed by atoms with van der Waals surface area (Å²) in [5, 5.41) is 10.1. The molecule has 0 atom stereocenters. The van der Waals surface area contributed by atoms with E-state index in [1.807, 2.05) is 36.4 Å². The van der Waals surface area contributed by atoms with Gasteiger partial charge in [0.05, 0.1) is 11.4 Å². The number of nitrogens with zero attached hydrogens (tertiary/aromatic N) is 3. The van der Waals surface area contributed by atoms with Crippen molar-refractivity contribution in [1.82, 2.24) is 14.8 Å². The van der Waals surface area contributed by atoms with Gasteiger partial charge < -0.3 is 5.32 Å². The third kappa shape index (κ3) is 4.49. The standard InChI is InChI=1S/C20H23N5OS/c1-20(2,3)17-12-18(25(4)24-17)23-19(26)22-15-6-5-14(11-16(15)27)13-7-9-21-10-8-13/h5-12,27H,1-4H3,(H2,22,23,26). The highest BCUT2D eigenvalue weighted by Gasteiger charge is 2.19. The van der Waals surface area contributed by atoms with Gasteiger partial charge in [-0.3, -0.25) is 15.0 Å². The molecule has 0 fully saturated rings. The summed E-state index contributed by atoms with van der Waals surface area (Å²) in [5.41, 5.74) is 3.51. The van der Waals surface area contributed by atoms with Crippen LogP contribution in [-0.2, 0) is 12.5 Å². The summed E-state index contributed by atoms with van der Waals surface area (Å²) in [6, 6.07) is 11.1. The molecule has 27 heavy (non-hydrogen) atoms. The molecule has 3 rings (SSSR count). The Kier molecular flexibility index (Phi) is 5.23. The lowest BCUT2D eigenvalue weighted by atomic mass is 9.92. The number of thiol groups is 1. The first-order valence-electron chi connectivity index (χ1n) is 8.60. The lowest BCUT2D eigenvalue weighted by Crippen LogP contribution is -2.21. The first kappa shape index (κ1) is 19.0. The number of urea groups is 1. The van der Waals surface area contributed by atoms with Crippen molar-refractivity contribution in [2.45, 2.75) is 31.1 Å². The molecule has 0 aliphatic carbocycles. The van der Waals surface area contributed by atoms with Crippen molar-refractivity contribution in [3.63, 3.8) is 0 Å². The van der Waals surface area contributed by atoms with Gasteiger partial charge in [-0.15, -0.1) is 12.6 Å². The maximum atomic E-state index is 12.4. The van der Waals surface area contributed by atoms with Crippen LogP contribution in [-0.4, -0.2) is 20.8 Å². The smallest absolute Gasteiger partial charge is 0.307 e. The highest BCUT2D eigenvalue weighted by Crippen LogP contribution is 2.28. The number of nitrogens with one attached hydrogen (secondary N) is 2. The number of pyridine rings is 1. The van der Waals surface area contributed by atoms with E-state index in [2.05, 4.69) is 54.1 Å². The number of rotatable bonds is 3. The summed E-state index contributed by atoms with van der Waals surface area (Å²) in [5.74, 6) is 0.631. The van der Waals surface area contributed by atoms with Gasteiger partial charge in [-0.2, -0.15) is 5.10 Å². The zero-order chi connectivity index (χ0) is 19.6. The van der Waals surface area contributed by atoms with E-state index in [1.54, 1.807) is 24.1 Å². The molecule has 2 heterocycles. The average Bonchev–Trinajstić information content (AvgIpc) is 2.98. The van der Waals surface area contributed by atoms with Gasteiger partial charge in [-0.25, -0.2) is 4.79 Å². The number of benzene rings is 1. The van der Waals surface area contributed by atoms with E-state index in [-0.39, 0.29) is 11.4 Å². The number of amides is 2. The van der Waals surface area contributed by atoms with E-state index in [4.69, 9.17) is 0 Å². The van der Waals surface area contributed by atoms with E-state index in [9.17, 15) is 4.79 Å². The first-order valence-corrected chi connectivity index (χ1v) is 9.05. The molecule has 0 saturated carbocycles. The van der Waals surface area contributed by atoms with Crippen molar-refractivity contribution in [2.24, 2.45) is 7.05 Å². The van der Waals surface area contributed by atoms with E-state index in [0.29, 0.717) is 16.4 Å². The van der Waals surface area contributed by atoms with Crippen LogP contribution in [0.15, 0.2) is 53.7 Å². The Morgan fingerprint density at radius 2 is 1.74 bits per heavy atom. The van der Waals surface area contributed by atoms with Crippen LogP contribution in [0, 0.1) is 0 Å². The van der Waals surface area contributed by atoms with Crippen LogP contribution in [0.2, 0.25) is 0 Å². The third-order valence-corrected chi connectivity index (χ3v) is 4.52. The number of hydrogen-bond donors (Lipinski definition) is 3. The van der Waals surface area contributed by atoms with E-state index < -0.39 is 0 Å². The summed E-state index contributed by atoms with van der Waals surface area (Å²) in [4.78, 5) is 17.1. The molecule has 2 aromatic heterocycles. The van der Waals surface area contributed by atoms with Crippen molar-refractivity contribution in [3.8, 4) is 11.1 Å². The molecule has 6 nitrogen and oxygen atoms in total. The Morgan fingerprint density at radius 1 is 1.04 bits per heavy atom. The summed E-state index contributed by atoms with van der Waals surface area (Å²) >= 11 is 4.51.